The summed E-state index contributed by atoms with van der Waals surface area (Å²) in [5, 5.41) is 0. The van der Waals surface area contributed by atoms with E-state index in [9.17, 15) is 0 Å². The first-order valence-corrected chi connectivity index (χ1v) is 7.01. The standard InChI is InChI=1S/C16H27N/c1-4-6-14-8-11-16(12-9-14)15(5-2)10-7-13(3)17/h8-9,11-13,15H,4-7,10,17H2,1-3H3. The van der Waals surface area contributed by atoms with Crippen LogP contribution in [0, 0.1) is 0 Å². The molecule has 0 bridgehead atoms. The Balaban J connectivity index is 2.61. The van der Waals surface area contributed by atoms with Gasteiger partial charge < -0.3 is 5.73 Å². The molecule has 1 rings (SSSR count). The van der Waals surface area contributed by atoms with Crippen LogP contribution in [0.15, 0.2) is 24.3 Å². The Labute approximate surface area is 106 Å². The Morgan fingerprint density at radius 3 is 2.18 bits per heavy atom. The summed E-state index contributed by atoms with van der Waals surface area (Å²) >= 11 is 0. The fourth-order valence-corrected chi connectivity index (χ4v) is 2.32. The molecule has 0 fully saturated rings. The third kappa shape index (κ3) is 4.91. The molecule has 1 aromatic rings. The van der Waals surface area contributed by atoms with E-state index in [1.165, 1.54) is 36.8 Å². The Hall–Kier alpha value is -0.820. The number of hydrogen-bond acceptors (Lipinski definition) is 1. The summed E-state index contributed by atoms with van der Waals surface area (Å²) in [6.45, 7) is 6.59. The maximum Gasteiger partial charge on any atom is 0.00106 e. The molecule has 96 valence electrons. The Kier molecular flexibility index (Phi) is 6.28. The third-order valence-corrected chi connectivity index (χ3v) is 3.45. The van der Waals surface area contributed by atoms with Gasteiger partial charge in [0.05, 0.1) is 0 Å². The zero-order chi connectivity index (χ0) is 12.7. The van der Waals surface area contributed by atoms with Crippen LogP contribution >= 0.6 is 0 Å². The van der Waals surface area contributed by atoms with Crippen LogP contribution < -0.4 is 5.73 Å². The molecule has 0 aliphatic rings. The fraction of sp³-hybridized carbons (Fsp3) is 0.625. The maximum absolute atomic E-state index is 5.84. The molecule has 1 nitrogen and oxygen atoms in total. The van der Waals surface area contributed by atoms with Crippen molar-refractivity contribution in [2.24, 2.45) is 5.73 Å². The second kappa shape index (κ2) is 7.50. The summed E-state index contributed by atoms with van der Waals surface area (Å²) in [5.74, 6) is 0.677. The van der Waals surface area contributed by atoms with E-state index < -0.39 is 0 Å². The van der Waals surface area contributed by atoms with Gasteiger partial charge in [0.1, 0.15) is 0 Å². The summed E-state index contributed by atoms with van der Waals surface area (Å²) in [5.41, 5.74) is 8.77. The predicted molar refractivity (Wildman–Crippen MR) is 76.4 cm³/mol. The van der Waals surface area contributed by atoms with Gasteiger partial charge >= 0.3 is 0 Å². The van der Waals surface area contributed by atoms with Crippen LogP contribution in [-0.4, -0.2) is 6.04 Å². The van der Waals surface area contributed by atoms with Crippen molar-refractivity contribution in [3.05, 3.63) is 35.4 Å². The molecule has 0 aliphatic carbocycles. The second-order valence-electron chi connectivity index (χ2n) is 5.15. The van der Waals surface area contributed by atoms with Gasteiger partial charge in [0.15, 0.2) is 0 Å². The SMILES string of the molecule is CCCc1ccc(C(CC)CCC(C)N)cc1. The van der Waals surface area contributed by atoms with Crippen molar-refractivity contribution in [2.45, 2.75) is 64.8 Å². The molecule has 0 aromatic heterocycles. The van der Waals surface area contributed by atoms with Gasteiger partial charge in [0, 0.05) is 6.04 Å². The normalized spacial score (nSPS) is 14.6. The van der Waals surface area contributed by atoms with Gasteiger partial charge in [-0.1, -0.05) is 44.5 Å². The Morgan fingerprint density at radius 2 is 1.71 bits per heavy atom. The van der Waals surface area contributed by atoms with Crippen molar-refractivity contribution >= 4 is 0 Å². The first-order chi connectivity index (χ1) is 8.17. The minimum atomic E-state index is 0.323. The van der Waals surface area contributed by atoms with Crippen LogP contribution in [0.1, 0.15) is 63.5 Å². The summed E-state index contributed by atoms with van der Waals surface area (Å²) in [6, 6.07) is 9.50. The summed E-state index contributed by atoms with van der Waals surface area (Å²) in [7, 11) is 0. The van der Waals surface area contributed by atoms with Crippen molar-refractivity contribution in [3.8, 4) is 0 Å². The van der Waals surface area contributed by atoms with Crippen LogP contribution in [0.3, 0.4) is 0 Å². The quantitative estimate of drug-likeness (QED) is 0.748. The van der Waals surface area contributed by atoms with Crippen molar-refractivity contribution in [1.29, 1.82) is 0 Å². The van der Waals surface area contributed by atoms with Crippen molar-refractivity contribution in [3.63, 3.8) is 0 Å². The van der Waals surface area contributed by atoms with Gasteiger partial charge in [0.25, 0.3) is 0 Å². The van der Waals surface area contributed by atoms with Crippen LogP contribution in [0.5, 0.6) is 0 Å². The highest BCUT2D eigenvalue weighted by Gasteiger charge is 2.10. The van der Waals surface area contributed by atoms with E-state index >= 15 is 0 Å². The highest BCUT2D eigenvalue weighted by molar-refractivity contribution is 5.25. The van der Waals surface area contributed by atoms with E-state index in [0.717, 1.165) is 6.42 Å². The topological polar surface area (TPSA) is 26.0 Å². The monoisotopic (exact) mass is 233 g/mol. The van der Waals surface area contributed by atoms with Gasteiger partial charge in [-0.05, 0) is 49.7 Å². The van der Waals surface area contributed by atoms with Gasteiger partial charge in [0.2, 0.25) is 0 Å². The van der Waals surface area contributed by atoms with Crippen LogP contribution in [0.2, 0.25) is 0 Å². The predicted octanol–water partition coefficient (Wildman–Crippen LogP) is 4.26. The molecule has 0 heterocycles. The highest BCUT2D eigenvalue weighted by atomic mass is 14.6. The maximum atomic E-state index is 5.84. The summed E-state index contributed by atoms with van der Waals surface area (Å²) in [4.78, 5) is 0. The van der Waals surface area contributed by atoms with E-state index in [1.54, 1.807) is 0 Å². The Morgan fingerprint density at radius 1 is 1.06 bits per heavy atom. The summed E-state index contributed by atoms with van der Waals surface area (Å²) in [6.07, 6.45) is 5.95. The number of hydrogen-bond donors (Lipinski definition) is 1. The largest absolute Gasteiger partial charge is 0.328 e. The minimum absolute atomic E-state index is 0.323. The second-order valence-corrected chi connectivity index (χ2v) is 5.15. The smallest absolute Gasteiger partial charge is 0.00106 e. The van der Waals surface area contributed by atoms with Crippen LogP contribution in [0.25, 0.3) is 0 Å². The molecule has 2 unspecified atom stereocenters. The number of benzene rings is 1. The van der Waals surface area contributed by atoms with E-state index in [0.29, 0.717) is 12.0 Å². The van der Waals surface area contributed by atoms with Gasteiger partial charge in [-0.2, -0.15) is 0 Å². The lowest BCUT2D eigenvalue weighted by Crippen LogP contribution is -2.15. The third-order valence-electron chi connectivity index (χ3n) is 3.45. The zero-order valence-corrected chi connectivity index (χ0v) is 11.6. The van der Waals surface area contributed by atoms with Crippen molar-refractivity contribution < 1.29 is 0 Å². The average Bonchev–Trinajstić information content (AvgIpc) is 2.32. The molecule has 0 radical (unpaired) electrons. The van der Waals surface area contributed by atoms with Gasteiger partial charge in [-0.3, -0.25) is 0 Å². The molecular weight excluding hydrogens is 206 g/mol. The lowest BCUT2D eigenvalue weighted by molar-refractivity contribution is 0.532. The molecule has 0 saturated carbocycles. The number of rotatable bonds is 7. The van der Waals surface area contributed by atoms with Gasteiger partial charge in [-0.15, -0.1) is 0 Å². The van der Waals surface area contributed by atoms with E-state index in [1.807, 2.05) is 0 Å². The molecular formula is C16H27N. The van der Waals surface area contributed by atoms with Crippen LogP contribution in [0.4, 0.5) is 0 Å². The number of aryl methyl sites for hydroxylation is 1. The molecule has 2 atom stereocenters. The fourth-order valence-electron chi connectivity index (χ4n) is 2.32. The molecule has 2 N–H and O–H groups in total. The summed E-state index contributed by atoms with van der Waals surface area (Å²) < 4.78 is 0. The molecule has 0 spiro atoms. The Bertz CT molecular complexity index is 300. The first-order valence-electron chi connectivity index (χ1n) is 7.01. The highest BCUT2D eigenvalue weighted by Crippen LogP contribution is 2.25. The minimum Gasteiger partial charge on any atom is -0.328 e. The van der Waals surface area contributed by atoms with E-state index in [4.69, 9.17) is 5.73 Å². The molecule has 1 heteroatoms. The lowest BCUT2D eigenvalue weighted by Gasteiger charge is -2.17. The molecule has 0 aliphatic heterocycles. The molecule has 17 heavy (non-hydrogen) atoms. The zero-order valence-electron chi connectivity index (χ0n) is 11.6. The van der Waals surface area contributed by atoms with Gasteiger partial charge in [-0.25, -0.2) is 0 Å². The first kappa shape index (κ1) is 14.2. The van der Waals surface area contributed by atoms with E-state index in [-0.39, 0.29) is 0 Å². The van der Waals surface area contributed by atoms with Crippen molar-refractivity contribution in [1.82, 2.24) is 0 Å². The molecule has 0 amide bonds. The number of nitrogens with two attached hydrogens (primary N) is 1. The molecule has 0 saturated heterocycles. The van der Waals surface area contributed by atoms with E-state index in [2.05, 4.69) is 45.0 Å². The van der Waals surface area contributed by atoms with Crippen molar-refractivity contribution in [2.75, 3.05) is 0 Å². The van der Waals surface area contributed by atoms with Crippen LogP contribution in [-0.2, 0) is 6.42 Å². The lowest BCUT2D eigenvalue weighted by atomic mass is 9.90. The molecule has 1 aromatic carbocycles. The average molecular weight is 233 g/mol.